The van der Waals surface area contributed by atoms with Gasteiger partial charge in [0.2, 0.25) is 0 Å². The summed E-state index contributed by atoms with van der Waals surface area (Å²) < 4.78 is 7.50. The van der Waals surface area contributed by atoms with Crippen molar-refractivity contribution in [3.63, 3.8) is 0 Å². The Kier molecular flexibility index (Phi) is 4.10. The number of phenols is 1. The van der Waals surface area contributed by atoms with Gasteiger partial charge in [0, 0.05) is 22.6 Å². The van der Waals surface area contributed by atoms with Crippen LogP contribution in [0.4, 0.5) is 0 Å². The van der Waals surface area contributed by atoms with Gasteiger partial charge < -0.3 is 14.4 Å². The van der Waals surface area contributed by atoms with Crippen LogP contribution in [0.5, 0.6) is 5.75 Å². The highest BCUT2D eigenvalue weighted by atomic mass is 16.5. The first-order valence-corrected chi connectivity index (χ1v) is 8.14. The third-order valence-electron chi connectivity index (χ3n) is 4.65. The van der Waals surface area contributed by atoms with E-state index in [0.717, 1.165) is 29.4 Å². The summed E-state index contributed by atoms with van der Waals surface area (Å²) >= 11 is 0. The van der Waals surface area contributed by atoms with Crippen LogP contribution in [-0.4, -0.2) is 22.2 Å². The van der Waals surface area contributed by atoms with Crippen molar-refractivity contribution < 1.29 is 14.6 Å². The molecule has 3 rings (SSSR count). The van der Waals surface area contributed by atoms with Gasteiger partial charge in [-0.15, -0.1) is 0 Å². The van der Waals surface area contributed by atoms with E-state index in [2.05, 4.69) is 4.57 Å². The number of ether oxygens (including phenoxy) is 1. The highest BCUT2D eigenvalue weighted by Crippen LogP contribution is 2.37. The highest BCUT2D eigenvalue weighted by Gasteiger charge is 2.26. The average Bonchev–Trinajstić information content (AvgIpc) is 2.79. The summed E-state index contributed by atoms with van der Waals surface area (Å²) in [6.45, 7) is 4.15. The zero-order valence-corrected chi connectivity index (χ0v) is 13.3. The number of phenolic OH excluding ortho intramolecular Hbond substituents is 1. The van der Waals surface area contributed by atoms with E-state index in [9.17, 15) is 9.90 Å². The number of hydrogen-bond donors (Lipinski definition) is 1. The van der Waals surface area contributed by atoms with Gasteiger partial charge in [-0.2, -0.15) is 0 Å². The molecule has 22 heavy (non-hydrogen) atoms. The van der Waals surface area contributed by atoms with E-state index in [1.54, 1.807) is 12.1 Å². The van der Waals surface area contributed by atoms with E-state index >= 15 is 0 Å². The average molecular weight is 301 g/mol. The molecule has 1 aromatic heterocycles. The van der Waals surface area contributed by atoms with Crippen molar-refractivity contribution in [2.24, 2.45) is 0 Å². The van der Waals surface area contributed by atoms with Crippen LogP contribution in [0.25, 0.3) is 10.9 Å². The summed E-state index contributed by atoms with van der Waals surface area (Å²) in [5.41, 5.74) is 2.56. The number of nitrogens with zero attached hydrogens (tertiary/aromatic N) is 1. The molecule has 1 saturated carbocycles. The number of aromatic hydroxyl groups is 1. The zero-order chi connectivity index (χ0) is 15.7. The second-order valence-corrected chi connectivity index (χ2v) is 6.04. The maximum absolute atomic E-state index is 12.4. The topological polar surface area (TPSA) is 51.5 Å². The van der Waals surface area contributed by atoms with E-state index in [0.29, 0.717) is 18.2 Å². The lowest BCUT2D eigenvalue weighted by molar-refractivity contribution is 0.0527. The molecule has 1 aromatic carbocycles. The van der Waals surface area contributed by atoms with E-state index in [1.165, 1.54) is 19.3 Å². The van der Waals surface area contributed by atoms with Gasteiger partial charge in [-0.3, -0.25) is 0 Å². The lowest BCUT2D eigenvalue weighted by Gasteiger charge is -2.25. The molecule has 0 unspecified atom stereocenters. The first kappa shape index (κ1) is 14.9. The Morgan fingerprint density at radius 2 is 2.05 bits per heavy atom. The molecule has 4 heteroatoms. The predicted molar refractivity (Wildman–Crippen MR) is 86.4 cm³/mol. The Labute approximate surface area is 130 Å². The standard InChI is InChI=1S/C18H23NO3/c1-3-22-18(21)17-12(2)19(13-7-5-4-6-8-13)16-10-9-14(20)11-15(16)17/h9-11,13,20H,3-8H2,1-2H3. The van der Waals surface area contributed by atoms with Crippen LogP contribution in [0.3, 0.4) is 0 Å². The van der Waals surface area contributed by atoms with E-state index in [4.69, 9.17) is 4.74 Å². The lowest BCUT2D eigenvalue weighted by atomic mass is 9.95. The number of esters is 1. The van der Waals surface area contributed by atoms with E-state index < -0.39 is 0 Å². The van der Waals surface area contributed by atoms with Gasteiger partial charge in [-0.05, 0) is 44.9 Å². The van der Waals surface area contributed by atoms with Crippen LogP contribution in [0.1, 0.15) is 61.1 Å². The summed E-state index contributed by atoms with van der Waals surface area (Å²) in [6.07, 6.45) is 6.05. The first-order valence-electron chi connectivity index (χ1n) is 8.14. The van der Waals surface area contributed by atoms with Gasteiger partial charge in [0.1, 0.15) is 5.75 Å². The van der Waals surface area contributed by atoms with Crippen LogP contribution in [0, 0.1) is 6.92 Å². The molecule has 0 spiro atoms. The molecule has 1 N–H and O–H groups in total. The van der Waals surface area contributed by atoms with Crippen molar-refractivity contribution in [1.82, 2.24) is 4.57 Å². The quantitative estimate of drug-likeness (QED) is 0.858. The Morgan fingerprint density at radius 3 is 2.73 bits per heavy atom. The van der Waals surface area contributed by atoms with Crippen LogP contribution in [-0.2, 0) is 4.74 Å². The molecule has 0 bridgehead atoms. The van der Waals surface area contributed by atoms with Crippen molar-refractivity contribution in [1.29, 1.82) is 0 Å². The van der Waals surface area contributed by atoms with Crippen molar-refractivity contribution in [2.75, 3.05) is 6.61 Å². The first-order chi connectivity index (χ1) is 10.6. The Hall–Kier alpha value is -1.97. The minimum Gasteiger partial charge on any atom is -0.508 e. The van der Waals surface area contributed by atoms with Gasteiger partial charge in [-0.1, -0.05) is 19.3 Å². The number of fused-ring (bicyclic) bond motifs is 1. The van der Waals surface area contributed by atoms with Crippen molar-refractivity contribution in [2.45, 2.75) is 52.0 Å². The Morgan fingerprint density at radius 1 is 1.32 bits per heavy atom. The SMILES string of the molecule is CCOC(=O)c1c(C)n(C2CCCCC2)c2ccc(O)cc12. The van der Waals surface area contributed by atoms with Crippen molar-refractivity contribution in [3.8, 4) is 5.75 Å². The number of carbonyl (C=O) groups excluding carboxylic acids is 1. The fourth-order valence-corrected chi connectivity index (χ4v) is 3.70. The van der Waals surface area contributed by atoms with Gasteiger partial charge in [0.05, 0.1) is 12.2 Å². The molecule has 1 aliphatic rings. The molecule has 0 saturated heterocycles. The number of benzene rings is 1. The molecule has 0 aliphatic heterocycles. The molecule has 0 atom stereocenters. The zero-order valence-electron chi connectivity index (χ0n) is 13.3. The smallest absolute Gasteiger partial charge is 0.340 e. The third kappa shape index (κ3) is 2.47. The lowest BCUT2D eigenvalue weighted by Crippen LogP contribution is -2.15. The molecule has 2 aromatic rings. The molecular weight excluding hydrogens is 278 g/mol. The van der Waals surface area contributed by atoms with Gasteiger partial charge in [-0.25, -0.2) is 4.79 Å². The van der Waals surface area contributed by atoms with Crippen molar-refractivity contribution >= 4 is 16.9 Å². The van der Waals surface area contributed by atoms with Crippen molar-refractivity contribution in [3.05, 3.63) is 29.5 Å². The Balaban J connectivity index is 2.19. The summed E-state index contributed by atoms with van der Waals surface area (Å²) in [4.78, 5) is 12.4. The predicted octanol–water partition coefficient (Wildman–Crippen LogP) is 4.34. The van der Waals surface area contributed by atoms with Crippen LogP contribution in [0.2, 0.25) is 0 Å². The normalized spacial score (nSPS) is 16.1. The second kappa shape index (κ2) is 6.03. The molecule has 0 radical (unpaired) electrons. The summed E-state index contributed by atoms with van der Waals surface area (Å²) in [5.74, 6) is -0.121. The molecule has 0 amide bonds. The second-order valence-electron chi connectivity index (χ2n) is 6.04. The molecule has 118 valence electrons. The minimum absolute atomic E-state index is 0.179. The fourth-order valence-electron chi connectivity index (χ4n) is 3.70. The number of hydrogen-bond acceptors (Lipinski definition) is 3. The molecule has 1 heterocycles. The van der Waals surface area contributed by atoms with Gasteiger partial charge in [0.25, 0.3) is 0 Å². The number of rotatable bonds is 3. The van der Waals surface area contributed by atoms with Crippen LogP contribution < -0.4 is 0 Å². The number of aromatic nitrogens is 1. The third-order valence-corrected chi connectivity index (χ3v) is 4.65. The van der Waals surface area contributed by atoms with Gasteiger partial charge in [0.15, 0.2) is 0 Å². The minimum atomic E-state index is -0.301. The van der Waals surface area contributed by atoms with Crippen LogP contribution >= 0.6 is 0 Å². The Bertz CT molecular complexity index is 696. The maximum Gasteiger partial charge on any atom is 0.340 e. The molecular formula is C18H23NO3. The maximum atomic E-state index is 12.4. The summed E-state index contributed by atoms with van der Waals surface area (Å²) in [6, 6.07) is 5.71. The highest BCUT2D eigenvalue weighted by molar-refractivity contribution is 6.06. The molecule has 4 nitrogen and oxygen atoms in total. The van der Waals surface area contributed by atoms with E-state index in [-0.39, 0.29) is 11.7 Å². The number of carbonyl (C=O) groups is 1. The fraction of sp³-hybridized carbons (Fsp3) is 0.500. The molecule has 1 fully saturated rings. The van der Waals surface area contributed by atoms with E-state index in [1.807, 2.05) is 19.9 Å². The monoisotopic (exact) mass is 301 g/mol. The summed E-state index contributed by atoms with van der Waals surface area (Å²) in [7, 11) is 0. The van der Waals surface area contributed by atoms with Gasteiger partial charge >= 0.3 is 5.97 Å². The largest absolute Gasteiger partial charge is 0.508 e. The molecule has 1 aliphatic carbocycles. The summed E-state index contributed by atoms with van der Waals surface area (Å²) in [5, 5.41) is 10.6. The van der Waals surface area contributed by atoms with Crippen LogP contribution in [0.15, 0.2) is 18.2 Å².